The molecule has 0 aliphatic rings. The van der Waals surface area contributed by atoms with Crippen LogP contribution in [0.4, 0.5) is 24.5 Å². The van der Waals surface area contributed by atoms with Crippen LogP contribution in [0.2, 0.25) is 5.02 Å². The average Bonchev–Trinajstić information content (AvgIpc) is 2.93. The van der Waals surface area contributed by atoms with Crippen molar-refractivity contribution in [2.24, 2.45) is 4.99 Å². The Morgan fingerprint density at radius 2 is 1.36 bits per heavy atom. The number of nitrogens with zero attached hydrogens (tertiary/aromatic N) is 1. The summed E-state index contributed by atoms with van der Waals surface area (Å²) in [5.74, 6) is -0.767. The molecule has 39 heavy (non-hydrogen) atoms. The number of hydrogen-bond donors (Lipinski definition) is 2. The topological polar surface area (TPSA) is 82.4 Å². The van der Waals surface area contributed by atoms with E-state index < -0.39 is 24.2 Å². The van der Waals surface area contributed by atoms with Crippen molar-refractivity contribution >= 4 is 46.1 Å². The molecule has 4 aromatic rings. The van der Waals surface area contributed by atoms with Crippen molar-refractivity contribution in [2.75, 3.05) is 5.32 Å². The third-order valence-corrected chi connectivity index (χ3v) is 6.05. The monoisotopic (exact) mass is 547 g/mol. The molecule has 1 amide bonds. The van der Waals surface area contributed by atoms with Gasteiger partial charge in [0.25, 0.3) is 5.91 Å². The lowest BCUT2D eigenvalue weighted by Crippen LogP contribution is -2.25. The fraction of sp³-hybridized carbons (Fsp3) is 0.0667. The molecule has 0 saturated heterocycles. The summed E-state index contributed by atoms with van der Waals surface area (Å²) in [5.41, 5.74) is 0.368. The Kier molecular flexibility index (Phi) is 8.36. The number of anilines is 1. The normalized spacial score (nSPS) is 11.6. The summed E-state index contributed by atoms with van der Waals surface area (Å²) in [6, 6.07) is 27.4. The van der Waals surface area contributed by atoms with E-state index in [-0.39, 0.29) is 27.8 Å². The van der Waals surface area contributed by atoms with Crippen LogP contribution in [0.5, 0.6) is 0 Å². The van der Waals surface area contributed by atoms with Crippen LogP contribution in [0, 0.1) is 5.41 Å². The maximum atomic E-state index is 13.1. The molecule has 4 aromatic carbocycles. The minimum Gasteiger partial charge on any atom is -0.321 e. The van der Waals surface area contributed by atoms with Gasteiger partial charge in [-0.25, -0.2) is 0 Å². The van der Waals surface area contributed by atoms with E-state index in [0.29, 0.717) is 22.4 Å². The van der Waals surface area contributed by atoms with E-state index in [9.17, 15) is 22.8 Å². The number of rotatable bonds is 8. The fourth-order valence-corrected chi connectivity index (χ4v) is 3.88. The Balaban J connectivity index is 1.59. The molecule has 2 N–H and O–H groups in total. The smallest absolute Gasteiger partial charge is 0.321 e. The van der Waals surface area contributed by atoms with E-state index in [1.54, 1.807) is 78.9 Å². The van der Waals surface area contributed by atoms with Gasteiger partial charge in [-0.1, -0.05) is 78.3 Å². The first-order valence-corrected chi connectivity index (χ1v) is 12.1. The van der Waals surface area contributed by atoms with Crippen LogP contribution in [0.1, 0.15) is 38.3 Å². The number of amides is 1. The average molecular weight is 548 g/mol. The molecule has 0 aromatic heterocycles. The van der Waals surface area contributed by atoms with Crippen LogP contribution in [0.3, 0.4) is 0 Å². The van der Waals surface area contributed by atoms with Crippen LogP contribution in [-0.4, -0.2) is 29.3 Å². The van der Waals surface area contributed by atoms with Gasteiger partial charge in [-0.3, -0.25) is 14.6 Å². The molecule has 0 spiro atoms. The van der Waals surface area contributed by atoms with E-state index in [1.165, 1.54) is 24.3 Å². The molecule has 196 valence electrons. The Morgan fingerprint density at radius 3 is 2.03 bits per heavy atom. The van der Waals surface area contributed by atoms with Crippen molar-refractivity contribution in [2.45, 2.75) is 12.6 Å². The van der Waals surface area contributed by atoms with Crippen molar-refractivity contribution in [3.63, 3.8) is 0 Å². The highest BCUT2D eigenvalue weighted by atomic mass is 35.5. The number of benzene rings is 4. The van der Waals surface area contributed by atoms with Crippen molar-refractivity contribution in [3.05, 3.63) is 130 Å². The van der Waals surface area contributed by atoms with Gasteiger partial charge in [0.1, 0.15) is 5.71 Å². The SMILES string of the molecule is N=C(CC(=Nc1ccccc1Cl)c1ccc(C(=O)Nc2ccccc2C(=O)c2ccccc2)cc1)C(F)(F)F. The Bertz CT molecular complexity index is 1550. The van der Waals surface area contributed by atoms with Crippen LogP contribution in [-0.2, 0) is 0 Å². The molecule has 0 aliphatic heterocycles. The first-order valence-electron chi connectivity index (χ1n) is 11.7. The number of halogens is 4. The van der Waals surface area contributed by atoms with Gasteiger partial charge in [-0.15, -0.1) is 0 Å². The molecular weight excluding hydrogens is 527 g/mol. The highest BCUT2D eigenvalue weighted by Crippen LogP contribution is 2.27. The summed E-state index contributed by atoms with van der Waals surface area (Å²) >= 11 is 6.14. The maximum Gasteiger partial charge on any atom is 0.429 e. The van der Waals surface area contributed by atoms with Crippen LogP contribution in [0.15, 0.2) is 108 Å². The van der Waals surface area contributed by atoms with E-state index in [4.69, 9.17) is 17.0 Å². The molecule has 0 saturated carbocycles. The molecule has 0 aliphatic carbocycles. The van der Waals surface area contributed by atoms with Crippen molar-refractivity contribution in [3.8, 4) is 0 Å². The number of carbonyl (C=O) groups excluding carboxylic acids is 2. The van der Waals surface area contributed by atoms with Crippen molar-refractivity contribution < 1.29 is 22.8 Å². The molecule has 0 unspecified atom stereocenters. The van der Waals surface area contributed by atoms with Gasteiger partial charge in [0.05, 0.1) is 22.1 Å². The van der Waals surface area contributed by atoms with E-state index in [1.807, 2.05) is 0 Å². The molecule has 0 fully saturated rings. The molecule has 9 heteroatoms. The van der Waals surface area contributed by atoms with Crippen LogP contribution >= 0.6 is 11.6 Å². The lowest BCUT2D eigenvalue weighted by atomic mass is 10.0. The predicted octanol–water partition coefficient (Wildman–Crippen LogP) is 7.92. The molecule has 0 atom stereocenters. The number of para-hydroxylation sites is 2. The number of nitrogens with one attached hydrogen (secondary N) is 2. The minimum atomic E-state index is -4.81. The minimum absolute atomic E-state index is 0.0313. The first-order chi connectivity index (χ1) is 18.6. The second-order valence-electron chi connectivity index (χ2n) is 8.44. The number of carbonyl (C=O) groups is 2. The summed E-state index contributed by atoms with van der Waals surface area (Å²) in [5, 5.41) is 10.4. The molecule has 4 rings (SSSR count). The summed E-state index contributed by atoms with van der Waals surface area (Å²) in [6.45, 7) is 0. The van der Waals surface area contributed by atoms with Gasteiger partial charge in [-0.05, 0) is 42.0 Å². The number of ketones is 1. The van der Waals surface area contributed by atoms with Gasteiger partial charge in [-0.2, -0.15) is 13.2 Å². The van der Waals surface area contributed by atoms with Gasteiger partial charge in [0.2, 0.25) is 0 Å². The van der Waals surface area contributed by atoms with Crippen LogP contribution < -0.4 is 5.32 Å². The summed E-state index contributed by atoms with van der Waals surface area (Å²) in [6.07, 6.45) is -5.60. The molecular formula is C30H21ClF3N3O2. The summed E-state index contributed by atoms with van der Waals surface area (Å²) in [7, 11) is 0. The quantitative estimate of drug-likeness (QED) is 0.173. The van der Waals surface area contributed by atoms with Crippen LogP contribution in [0.25, 0.3) is 0 Å². The van der Waals surface area contributed by atoms with E-state index >= 15 is 0 Å². The van der Waals surface area contributed by atoms with Gasteiger partial charge in [0, 0.05) is 23.1 Å². The van der Waals surface area contributed by atoms with Crippen molar-refractivity contribution in [1.29, 1.82) is 5.41 Å². The number of aliphatic imine (C=N–C) groups is 1. The second-order valence-corrected chi connectivity index (χ2v) is 8.84. The first kappa shape index (κ1) is 27.5. The van der Waals surface area contributed by atoms with Gasteiger partial charge in [0.15, 0.2) is 5.78 Å². The largest absolute Gasteiger partial charge is 0.429 e. The third-order valence-electron chi connectivity index (χ3n) is 5.73. The zero-order valence-corrected chi connectivity index (χ0v) is 21.1. The lowest BCUT2D eigenvalue weighted by molar-refractivity contribution is -0.0605. The third kappa shape index (κ3) is 6.86. The zero-order valence-electron chi connectivity index (χ0n) is 20.3. The van der Waals surface area contributed by atoms with E-state index in [2.05, 4.69) is 10.3 Å². The number of hydrogen-bond acceptors (Lipinski definition) is 4. The Hall–Kier alpha value is -4.56. The van der Waals surface area contributed by atoms with E-state index in [0.717, 1.165) is 0 Å². The molecule has 5 nitrogen and oxygen atoms in total. The summed E-state index contributed by atoms with van der Waals surface area (Å²) in [4.78, 5) is 30.3. The summed E-state index contributed by atoms with van der Waals surface area (Å²) < 4.78 is 39.4. The molecule has 0 radical (unpaired) electrons. The standard InChI is InChI=1S/C30H21ClF3N3O2/c31-23-11-5-7-13-25(23)36-26(18-27(35)30(32,33)34)19-14-16-21(17-15-19)29(39)37-24-12-6-4-10-22(24)28(38)20-8-2-1-3-9-20/h1-17,35H,18H2,(H,37,39). The highest BCUT2D eigenvalue weighted by Gasteiger charge is 2.35. The highest BCUT2D eigenvalue weighted by molar-refractivity contribution is 6.33. The van der Waals surface area contributed by atoms with Gasteiger partial charge >= 0.3 is 6.18 Å². The Labute approximate surface area is 227 Å². The fourth-order valence-electron chi connectivity index (χ4n) is 3.71. The predicted molar refractivity (Wildman–Crippen MR) is 147 cm³/mol. The Morgan fingerprint density at radius 1 is 0.769 bits per heavy atom. The molecule has 0 heterocycles. The molecule has 0 bridgehead atoms. The second kappa shape index (κ2) is 11.9. The zero-order chi connectivity index (χ0) is 28.0. The number of alkyl halides is 3. The van der Waals surface area contributed by atoms with Gasteiger partial charge < -0.3 is 10.7 Å². The van der Waals surface area contributed by atoms with Crippen molar-refractivity contribution in [1.82, 2.24) is 0 Å². The maximum absolute atomic E-state index is 13.1. The lowest BCUT2D eigenvalue weighted by Gasteiger charge is -2.13.